The van der Waals surface area contributed by atoms with E-state index in [-0.39, 0.29) is 18.4 Å². The second-order valence-electron chi connectivity index (χ2n) is 6.16. The maximum absolute atomic E-state index is 12.6. The van der Waals surface area contributed by atoms with Gasteiger partial charge in [-0.1, -0.05) is 6.07 Å². The van der Waals surface area contributed by atoms with Crippen molar-refractivity contribution in [1.82, 2.24) is 14.8 Å². The SMILES string of the molecule is O=C(O)CCN1C[C@@H]2CC[C@H]1CN(C(=O)c1ccccn1)C2. The summed E-state index contributed by atoms with van der Waals surface area (Å²) in [5.41, 5.74) is 0.487. The van der Waals surface area contributed by atoms with Crippen LogP contribution in [0.5, 0.6) is 0 Å². The van der Waals surface area contributed by atoms with Gasteiger partial charge < -0.3 is 10.0 Å². The number of nitrogens with zero attached hydrogens (tertiary/aromatic N) is 3. The van der Waals surface area contributed by atoms with Crippen molar-refractivity contribution >= 4 is 11.9 Å². The van der Waals surface area contributed by atoms with Gasteiger partial charge in [-0.3, -0.25) is 19.5 Å². The van der Waals surface area contributed by atoms with Crippen molar-refractivity contribution in [2.75, 3.05) is 26.2 Å². The Bertz CT molecular complexity index is 549. The molecule has 3 aliphatic rings. The Morgan fingerprint density at radius 2 is 2.09 bits per heavy atom. The van der Waals surface area contributed by atoms with E-state index in [1.165, 1.54) is 0 Å². The molecule has 0 aromatic carbocycles. The minimum Gasteiger partial charge on any atom is -0.481 e. The molecule has 1 N–H and O–H groups in total. The van der Waals surface area contributed by atoms with Gasteiger partial charge in [0.25, 0.3) is 5.91 Å². The van der Waals surface area contributed by atoms with Crippen molar-refractivity contribution in [2.45, 2.75) is 25.3 Å². The highest BCUT2D eigenvalue weighted by Crippen LogP contribution is 2.28. The molecule has 4 rings (SSSR count). The first-order chi connectivity index (χ1) is 10.6. The normalized spacial score (nSPS) is 25.0. The lowest BCUT2D eigenvalue weighted by molar-refractivity contribution is -0.137. The van der Waals surface area contributed by atoms with Crippen LogP contribution in [0, 0.1) is 5.92 Å². The average Bonchev–Trinajstić information content (AvgIpc) is 2.84. The second-order valence-corrected chi connectivity index (χ2v) is 6.16. The Morgan fingerprint density at radius 3 is 2.82 bits per heavy atom. The summed E-state index contributed by atoms with van der Waals surface area (Å²) < 4.78 is 0. The van der Waals surface area contributed by atoms with Crippen LogP contribution in [0.1, 0.15) is 29.8 Å². The van der Waals surface area contributed by atoms with Crippen molar-refractivity contribution in [2.24, 2.45) is 5.92 Å². The van der Waals surface area contributed by atoms with Gasteiger partial charge in [0.15, 0.2) is 0 Å². The van der Waals surface area contributed by atoms with Gasteiger partial charge in [-0.05, 0) is 30.9 Å². The summed E-state index contributed by atoms with van der Waals surface area (Å²) in [4.78, 5) is 31.7. The van der Waals surface area contributed by atoms with Gasteiger partial charge in [0.1, 0.15) is 5.69 Å². The molecule has 0 saturated carbocycles. The predicted octanol–water partition coefficient (Wildman–Crippen LogP) is 1.09. The second kappa shape index (κ2) is 6.44. The van der Waals surface area contributed by atoms with Crippen molar-refractivity contribution < 1.29 is 14.7 Å². The van der Waals surface area contributed by atoms with Crippen molar-refractivity contribution in [3.8, 4) is 0 Å². The Labute approximate surface area is 129 Å². The maximum atomic E-state index is 12.6. The third-order valence-electron chi connectivity index (χ3n) is 4.61. The largest absolute Gasteiger partial charge is 0.481 e. The first kappa shape index (κ1) is 15.0. The molecular formula is C16H21N3O3. The van der Waals surface area contributed by atoms with Gasteiger partial charge >= 0.3 is 5.97 Å². The fraction of sp³-hybridized carbons (Fsp3) is 0.562. The van der Waals surface area contributed by atoms with Crippen LogP contribution in [0.25, 0.3) is 0 Å². The van der Waals surface area contributed by atoms with E-state index in [9.17, 15) is 9.59 Å². The van der Waals surface area contributed by atoms with E-state index in [1.54, 1.807) is 18.3 Å². The topological polar surface area (TPSA) is 73.7 Å². The number of carboxylic acid groups (broad SMARTS) is 1. The van der Waals surface area contributed by atoms with Gasteiger partial charge in [-0.2, -0.15) is 0 Å². The first-order valence-corrected chi connectivity index (χ1v) is 7.79. The molecule has 118 valence electrons. The summed E-state index contributed by atoms with van der Waals surface area (Å²) >= 11 is 0. The molecule has 3 aliphatic heterocycles. The standard InChI is InChI=1S/C16H21N3O3/c20-15(21)6-8-18-9-12-4-5-13(18)11-19(10-12)16(22)14-3-1-2-7-17-14/h1-3,7,12-13H,4-6,8-11H2,(H,20,21)/t12-,13-/m0/s1. The van der Waals surface area contributed by atoms with E-state index < -0.39 is 5.97 Å². The third-order valence-corrected chi connectivity index (χ3v) is 4.61. The summed E-state index contributed by atoms with van der Waals surface area (Å²) in [5.74, 6) is -0.348. The van der Waals surface area contributed by atoms with Crippen LogP contribution in [0.4, 0.5) is 0 Å². The number of carbonyl (C=O) groups is 2. The highest BCUT2D eigenvalue weighted by molar-refractivity contribution is 5.92. The lowest BCUT2D eigenvalue weighted by atomic mass is 9.95. The lowest BCUT2D eigenvalue weighted by Gasteiger charge is -2.35. The Kier molecular flexibility index (Phi) is 4.38. The van der Waals surface area contributed by atoms with E-state index in [0.717, 1.165) is 25.9 Å². The zero-order chi connectivity index (χ0) is 15.5. The average molecular weight is 303 g/mol. The molecule has 1 aromatic rings. The van der Waals surface area contributed by atoms with E-state index in [2.05, 4.69) is 9.88 Å². The number of fused-ring (bicyclic) bond motifs is 4. The van der Waals surface area contributed by atoms with E-state index >= 15 is 0 Å². The molecule has 4 heterocycles. The number of pyridine rings is 1. The monoisotopic (exact) mass is 303 g/mol. The first-order valence-electron chi connectivity index (χ1n) is 7.79. The molecule has 1 amide bonds. The van der Waals surface area contributed by atoms with Gasteiger partial charge in [-0.25, -0.2) is 0 Å². The molecule has 6 heteroatoms. The number of amides is 1. The molecule has 6 nitrogen and oxygen atoms in total. The minimum atomic E-state index is -0.762. The molecule has 2 bridgehead atoms. The van der Waals surface area contributed by atoms with Crippen LogP contribution in [0.15, 0.2) is 24.4 Å². The molecule has 0 radical (unpaired) electrons. The summed E-state index contributed by atoms with van der Waals surface area (Å²) in [6.45, 7) is 2.88. The smallest absolute Gasteiger partial charge is 0.304 e. The van der Waals surface area contributed by atoms with Crippen molar-refractivity contribution in [3.63, 3.8) is 0 Å². The molecule has 3 saturated heterocycles. The fourth-order valence-corrected chi connectivity index (χ4v) is 3.51. The molecule has 0 unspecified atom stereocenters. The summed E-state index contributed by atoms with van der Waals surface area (Å²) in [6.07, 6.45) is 3.95. The zero-order valence-electron chi connectivity index (χ0n) is 12.5. The van der Waals surface area contributed by atoms with E-state index in [1.807, 2.05) is 11.0 Å². The number of carbonyl (C=O) groups excluding carboxylic acids is 1. The number of piperidine rings is 1. The third kappa shape index (κ3) is 3.27. The zero-order valence-corrected chi connectivity index (χ0v) is 12.5. The van der Waals surface area contributed by atoms with Gasteiger partial charge in [-0.15, -0.1) is 0 Å². The molecule has 2 atom stereocenters. The number of aromatic nitrogens is 1. The quantitative estimate of drug-likeness (QED) is 0.901. The van der Waals surface area contributed by atoms with Crippen LogP contribution >= 0.6 is 0 Å². The van der Waals surface area contributed by atoms with Crippen LogP contribution in [0.2, 0.25) is 0 Å². The van der Waals surface area contributed by atoms with Gasteiger partial charge in [0.2, 0.25) is 0 Å². The Balaban J connectivity index is 1.69. The Hall–Kier alpha value is -1.95. The van der Waals surface area contributed by atoms with E-state index in [4.69, 9.17) is 5.11 Å². The van der Waals surface area contributed by atoms with Crippen LogP contribution in [0.3, 0.4) is 0 Å². The lowest BCUT2D eigenvalue weighted by Crippen LogP contribution is -2.45. The predicted molar refractivity (Wildman–Crippen MR) is 80.5 cm³/mol. The number of hydrogen-bond donors (Lipinski definition) is 1. The molecule has 22 heavy (non-hydrogen) atoms. The number of hydrogen-bond acceptors (Lipinski definition) is 4. The number of rotatable bonds is 4. The fourth-order valence-electron chi connectivity index (χ4n) is 3.51. The summed E-state index contributed by atoms with van der Waals surface area (Å²) in [7, 11) is 0. The molecule has 1 aromatic heterocycles. The highest BCUT2D eigenvalue weighted by atomic mass is 16.4. The van der Waals surface area contributed by atoms with Crippen LogP contribution < -0.4 is 0 Å². The van der Waals surface area contributed by atoms with E-state index in [0.29, 0.717) is 24.7 Å². The highest BCUT2D eigenvalue weighted by Gasteiger charge is 2.36. The van der Waals surface area contributed by atoms with Crippen molar-refractivity contribution in [1.29, 1.82) is 0 Å². The molecule has 3 fully saturated rings. The van der Waals surface area contributed by atoms with Crippen molar-refractivity contribution in [3.05, 3.63) is 30.1 Å². The molecular weight excluding hydrogens is 282 g/mol. The maximum Gasteiger partial charge on any atom is 0.304 e. The number of carboxylic acids is 1. The van der Waals surface area contributed by atoms with Crippen LogP contribution in [-0.4, -0.2) is 64.0 Å². The van der Waals surface area contributed by atoms with Crippen LogP contribution in [-0.2, 0) is 4.79 Å². The van der Waals surface area contributed by atoms with Gasteiger partial charge in [0.05, 0.1) is 6.42 Å². The van der Waals surface area contributed by atoms with Gasteiger partial charge in [0, 0.05) is 38.4 Å². The summed E-state index contributed by atoms with van der Waals surface area (Å²) in [5, 5.41) is 8.87. The summed E-state index contributed by atoms with van der Waals surface area (Å²) in [6, 6.07) is 5.64. The Morgan fingerprint density at radius 1 is 1.23 bits per heavy atom. The minimum absolute atomic E-state index is 0.0161. The molecule has 0 spiro atoms. The number of aliphatic carboxylic acids is 1. The molecule has 0 aliphatic carbocycles.